The summed E-state index contributed by atoms with van der Waals surface area (Å²) in [6.07, 6.45) is 1.27. The minimum Gasteiger partial charge on any atom is -0.493 e. The highest BCUT2D eigenvalue weighted by molar-refractivity contribution is 6.40. The van der Waals surface area contributed by atoms with Gasteiger partial charge in [0.05, 0.1) is 32.8 Å². The predicted octanol–water partition coefficient (Wildman–Crippen LogP) is 7.34. The summed E-state index contributed by atoms with van der Waals surface area (Å²) in [5, 5.41) is 23.3. The zero-order valence-corrected chi connectivity index (χ0v) is 21.4. The summed E-state index contributed by atoms with van der Waals surface area (Å²) < 4.78 is 11.2. The normalized spacial score (nSPS) is 10.9. The molecule has 0 atom stereocenters. The third kappa shape index (κ3) is 6.39. The maximum atomic E-state index is 12.7. The highest BCUT2D eigenvalue weighted by atomic mass is 35.5. The van der Waals surface area contributed by atoms with Crippen LogP contribution in [0.15, 0.2) is 54.1 Å². The number of ether oxygens (including phenoxy) is 2. The van der Waals surface area contributed by atoms with Crippen LogP contribution in [0, 0.1) is 21.4 Å². The van der Waals surface area contributed by atoms with Gasteiger partial charge in [0.2, 0.25) is 0 Å². The zero-order valence-electron chi connectivity index (χ0n) is 18.4. The Hall–Kier alpha value is -3.48. The summed E-state index contributed by atoms with van der Waals surface area (Å²) in [6, 6.07) is 14.0. The van der Waals surface area contributed by atoms with Crippen molar-refractivity contribution in [1.29, 1.82) is 5.26 Å². The van der Waals surface area contributed by atoms with E-state index < -0.39 is 10.8 Å². The lowest BCUT2D eigenvalue weighted by molar-refractivity contribution is -0.384. The van der Waals surface area contributed by atoms with Gasteiger partial charge in [-0.3, -0.25) is 14.9 Å². The Kier molecular flexibility index (Phi) is 9.02. The van der Waals surface area contributed by atoms with E-state index >= 15 is 0 Å². The van der Waals surface area contributed by atoms with Gasteiger partial charge in [-0.2, -0.15) is 5.26 Å². The number of non-ortho nitro benzene ring substituents is 1. The third-order valence-electron chi connectivity index (χ3n) is 4.73. The molecule has 0 spiro atoms. The van der Waals surface area contributed by atoms with Crippen molar-refractivity contribution in [1.82, 2.24) is 0 Å². The topological polar surface area (TPSA) is 114 Å². The van der Waals surface area contributed by atoms with Crippen LogP contribution in [0.4, 0.5) is 11.4 Å². The fourth-order valence-corrected chi connectivity index (χ4v) is 4.04. The van der Waals surface area contributed by atoms with E-state index in [4.69, 9.17) is 55.9 Å². The Morgan fingerprint density at radius 2 is 1.75 bits per heavy atom. The average molecular weight is 567 g/mol. The lowest BCUT2D eigenvalue weighted by Crippen LogP contribution is -2.14. The number of benzene rings is 3. The first-order valence-electron chi connectivity index (χ1n) is 9.95. The number of nitro benzene ring substituents is 1. The molecule has 0 aliphatic heterocycles. The van der Waals surface area contributed by atoms with Crippen molar-refractivity contribution in [2.75, 3.05) is 12.4 Å². The van der Waals surface area contributed by atoms with Gasteiger partial charge in [-0.1, -0.05) is 64.6 Å². The summed E-state index contributed by atoms with van der Waals surface area (Å²) in [5.41, 5.74) is 0.373. The highest BCUT2D eigenvalue weighted by Gasteiger charge is 2.19. The van der Waals surface area contributed by atoms with E-state index in [1.54, 1.807) is 24.3 Å². The fourth-order valence-electron chi connectivity index (χ4n) is 3.01. The van der Waals surface area contributed by atoms with Gasteiger partial charge in [-0.05, 0) is 29.8 Å². The molecule has 8 nitrogen and oxygen atoms in total. The molecule has 3 aromatic carbocycles. The van der Waals surface area contributed by atoms with Crippen LogP contribution in [-0.4, -0.2) is 17.9 Å². The lowest BCUT2D eigenvalue weighted by atomic mass is 10.1. The number of hydrogen-bond acceptors (Lipinski definition) is 6. The second-order valence-corrected chi connectivity index (χ2v) is 8.71. The number of anilines is 1. The minimum absolute atomic E-state index is 0.0750. The van der Waals surface area contributed by atoms with Crippen LogP contribution >= 0.6 is 46.4 Å². The number of nitrogens with zero attached hydrogens (tertiary/aromatic N) is 2. The standard InChI is InChI=1S/C24H15Cl4N3O5/c1-35-21-8-13(7-20(28)23(21)36-12-14-4-2-3-5-17(14)25)6-15(11-29)24(32)30-22-18(26)9-16(31(33)34)10-19(22)27/h2-10H,12H2,1H3,(H,30,32)/b15-6+. The first-order chi connectivity index (χ1) is 17.1. The number of methoxy groups -OCH3 is 1. The van der Waals surface area contributed by atoms with Gasteiger partial charge >= 0.3 is 0 Å². The summed E-state index contributed by atoms with van der Waals surface area (Å²) in [4.78, 5) is 23.0. The molecule has 12 heteroatoms. The summed E-state index contributed by atoms with van der Waals surface area (Å²) in [5.74, 6) is -0.326. The second kappa shape index (κ2) is 12.0. The number of nitrogens with one attached hydrogen (secondary N) is 1. The maximum absolute atomic E-state index is 12.7. The molecular formula is C24H15Cl4N3O5. The van der Waals surface area contributed by atoms with Crippen molar-refractivity contribution in [2.45, 2.75) is 6.61 Å². The number of nitro groups is 1. The van der Waals surface area contributed by atoms with Gasteiger partial charge in [0.1, 0.15) is 18.2 Å². The average Bonchev–Trinajstić information content (AvgIpc) is 2.84. The number of rotatable bonds is 8. The van der Waals surface area contributed by atoms with E-state index in [1.165, 1.54) is 25.3 Å². The van der Waals surface area contributed by atoms with Gasteiger partial charge in [-0.15, -0.1) is 0 Å². The SMILES string of the molecule is COc1cc(/C=C(\C#N)C(=O)Nc2c(Cl)cc([N+](=O)[O-])cc2Cl)cc(Cl)c1OCc1ccccc1Cl. The molecule has 0 unspecified atom stereocenters. The van der Waals surface area contributed by atoms with E-state index in [2.05, 4.69) is 5.32 Å². The molecule has 0 heterocycles. The van der Waals surface area contributed by atoms with Crippen LogP contribution in [0.2, 0.25) is 20.1 Å². The Bertz CT molecular complexity index is 1400. The van der Waals surface area contributed by atoms with E-state index in [0.717, 1.165) is 17.7 Å². The molecule has 0 saturated heterocycles. The highest BCUT2D eigenvalue weighted by Crippen LogP contribution is 2.38. The molecule has 0 bridgehead atoms. The number of halogens is 4. The smallest absolute Gasteiger partial charge is 0.272 e. The number of carbonyl (C=O) groups excluding carboxylic acids is 1. The molecule has 184 valence electrons. The largest absolute Gasteiger partial charge is 0.493 e. The van der Waals surface area contributed by atoms with Crippen molar-refractivity contribution in [2.24, 2.45) is 0 Å². The van der Waals surface area contributed by atoms with Crippen molar-refractivity contribution in [3.05, 3.63) is 95.4 Å². The Morgan fingerprint density at radius 1 is 1.08 bits per heavy atom. The van der Waals surface area contributed by atoms with Gasteiger partial charge in [0.25, 0.3) is 11.6 Å². The van der Waals surface area contributed by atoms with Crippen LogP contribution < -0.4 is 14.8 Å². The van der Waals surface area contributed by atoms with Crippen molar-refractivity contribution in [3.8, 4) is 17.6 Å². The minimum atomic E-state index is -0.843. The van der Waals surface area contributed by atoms with Gasteiger partial charge in [-0.25, -0.2) is 0 Å². The Labute approximate surface area is 225 Å². The van der Waals surface area contributed by atoms with E-state index in [1.807, 2.05) is 6.07 Å². The number of hydrogen-bond donors (Lipinski definition) is 1. The molecule has 0 aliphatic carbocycles. The molecule has 1 N–H and O–H groups in total. The second-order valence-electron chi connectivity index (χ2n) is 7.08. The van der Waals surface area contributed by atoms with Gasteiger partial charge in [0, 0.05) is 22.7 Å². The predicted molar refractivity (Wildman–Crippen MR) is 139 cm³/mol. The fraction of sp³-hybridized carbons (Fsp3) is 0.0833. The van der Waals surface area contributed by atoms with Crippen LogP contribution in [0.25, 0.3) is 6.08 Å². The van der Waals surface area contributed by atoms with Gasteiger partial charge < -0.3 is 14.8 Å². The van der Waals surface area contributed by atoms with E-state index in [9.17, 15) is 20.2 Å². The molecule has 0 saturated carbocycles. The quantitative estimate of drug-likeness (QED) is 0.132. The Morgan fingerprint density at radius 3 is 2.33 bits per heavy atom. The third-order valence-corrected chi connectivity index (χ3v) is 5.98. The van der Waals surface area contributed by atoms with Crippen molar-refractivity contribution < 1.29 is 19.2 Å². The molecular weight excluding hydrogens is 552 g/mol. The maximum Gasteiger partial charge on any atom is 0.272 e. The Balaban J connectivity index is 1.86. The zero-order chi connectivity index (χ0) is 26.4. The van der Waals surface area contributed by atoms with Crippen LogP contribution in [0.1, 0.15) is 11.1 Å². The van der Waals surface area contributed by atoms with Crippen LogP contribution in [0.5, 0.6) is 11.5 Å². The number of carbonyl (C=O) groups is 1. The monoisotopic (exact) mass is 565 g/mol. The van der Waals surface area contributed by atoms with E-state index in [-0.39, 0.29) is 50.1 Å². The van der Waals surface area contributed by atoms with Gasteiger partial charge in [0.15, 0.2) is 11.5 Å². The summed E-state index contributed by atoms with van der Waals surface area (Å²) in [6.45, 7) is 0.132. The number of amides is 1. The van der Waals surface area contributed by atoms with E-state index in [0.29, 0.717) is 10.6 Å². The molecule has 1 amide bonds. The molecule has 0 radical (unpaired) electrons. The molecule has 0 fully saturated rings. The van der Waals surface area contributed by atoms with Crippen molar-refractivity contribution in [3.63, 3.8) is 0 Å². The molecule has 3 aromatic rings. The molecule has 3 rings (SSSR count). The summed E-state index contributed by atoms with van der Waals surface area (Å²) >= 11 is 24.6. The molecule has 0 aliphatic rings. The molecule has 0 aromatic heterocycles. The van der Waals surface area contributed by atoms with Crippen LogP contribution in [0.3, 0.4) is 0 Å². The first kappa shape index (κ1) is 27.1. The number of nitriles is 1. The van der Waals surface area contributed by atoms with Crippen molar-refractivity contribution >= 4 is 69.8 Å². The summed E-state index contributed by atoms with van der Waals surface area (Å²) in [7, 11) is 1.41. The molecule has 36 heavy (non-hydrogen) atoms. The first-order valence-corrected chi connectivity index (χ1v) is 11.5. The van der Waals surface area contributed by atoms with Crippen LogP contribution in [-0.2, 0) is 11.4 Å². The lowest BCUT2D eigenvalue weighted by Gasteiger charge is -2.14.